The molecule has 10 heteroatoms. The summed E-state index contributed by atoms with van der Waals surface area (Å²) in [5, 5.41) is 3.70. The maximum atomic E-state index is 12.9. The molecule has 40 heavy (non-hydrogen) atoms. The van der Waals surface area contributed by atoms with Crippen LogP contribution in [-0.2, 0) is 10.0 Å². The zero-order valence-corrected chi connectivity index (χ0v) is 23.1. The first-order valence-electron chi connectivity index (χ1n) is 13.6. The summed E-state index contributed by atoms with van der Waals surface area (Å²) in [6.07, 6.45) is 5.38. The minimum absolute atomic E-state index is 0.127. The van der Waals surface area contributed by atoms with Gasteiger partial charge in [-0.15, -0.1) is 0 Å². The number of carbonyl (C=O) groups excluding carboxylic acids is 1. The van der Waals surface area contributed by atoms with Crippen molar-refractivity contribution in [2.24, 2.45) is 0 Å². The number of pyridine rings is 1. The SMILES string of the molecule is Cc1ccc(N2CCC(Oc3ccc4oc(C(=O)N[C@@H]5CCN(S(=O)(=O)c6cccnc6)C5)cc4c3)CC2)cc1. The van der Waals surface area contributed by atoms with Crippen LogP contribution in [-0.4, -0.2) is 61.9 Å². The Kier molecular flexibility index (Phi) is 7.20. The molecule has 6 rings (SSSR count). The Bertz CT molecular complexity index is 1600. The number of nitrogens with one attached hydrogen (secondary N) is 1. The standard InChI is InChI=1S/C30H32N4O5S/c1-21-4-6-24(7-5-21)33-14-11-25(12-15-33)38-26-8-9-28-22(17-26)18-29(39-28)30(35)32-23-10-16-34(20-23)40(36,37)27-3-2-13-31-19-27/h2-9,13,17-19,23,25H,10-12,14-16,20H2,1H3,(H,32,35)/t23-/m1/s1. The fourth-order valence-electron chi connectivity index (χ4n) is 5.36. The van der Waals surface area contributed by atoms with Crippen LogP contribution in [0.25, 0.3) is 11.0 Å². The van der Waals surface area contributed by atoms with Gasteiger partial charge in [0.05, 0.1) is 0 Å². The van der Waals surface area contributed by atoms with Crippen molar-refractivity contribution in [1.29, 1.82) is 0 Å². The van der Waals surface area contributed by atoms with Crippen LogP contribution in [0, 0.1) is 6.92 Å². The van der Waals surface area contributed by atoms with Crippen molar-refractivity contribution >= 4 is 32.6 Å². The van der Waals surface area contributed by atoms with Gasteiger partial charge in [0.25, 0.3) is 5.91 Å². The maximum absolute atomic E-state index is 12.9. The van der Waals surface area contributed by atoms with Gasteiger partial charge in [-0.3, -0.25) is 9.78 Å². The number of fused-ring (bicyclic) bond motifs is 1. The van der Waals surface area contributed by atoms with E-state index in [1.165, 1.54) is 34.0 Å². The fraction of sp³-hybridized carbons (Fsp3) is 0.333. The molecule has 1 atom stereocenters. The average Bonchev–Trinajstić information content (AvgIpc) is 3.62. The summed E-state index contributed by atoms with van der Waals surface area (Å²) < 4.78 is 39.2. The van der Waals surface area contributed by atoms with E-state index in [0.717, 1.165) is 37.1 Å². The number of furan rings is 1. The molecule has 0 radical (unpaired) electrons. The molecule has 1 N–H and O–H groups in total. The largest absolute Gasteiger partial charge is 0.490 e. The Morgan fingerprint density at radius 3 is 2.58 bits per heavy atom. The summed E-state index contributed by atoms with van der Waals surface area (Å²) in [7, 11) is -3.65. The molecule has 0 spiro atoms. The van der Waals surface area contributed by atoms with Gasteiger partial charge in [-0.1, -0.05) is 17.7 Å². The third-order valence-electron chi connectivity index (χ3n) is 7.61. The van der Waals surface area contributed by atoms with Crippen LogP contribution in [0.4, 0.5) is 5.69 Å². The van der Waals surface area contributed by atoms with E-state index >= 15 is 0 Å². The van der Waals surface area contributed by atoms with Crippen molar-refractivity contribution < 1.29 is 22.4 Å². The van der Waals surface area contributed by atoms with Crippen LogP contribution in [0.5, 0.6) is 5.75 Å². The maximum Gasteiger partial charge on any atom is 0.287 e. The number of hydrogen-bond donors (Lipinski definition) is 1. The molecular weight excluding hydrogens is 528 g/mol. The van der Waals surface area contributed by atoms with Crippen LogP contribution >= 0.6 is 0 Å². The lowest BCUT2D eigenvalue weighted by atomic mass is 10.1. The van der Waals surface area contributed by atoms with Crippen molar-refractivity contribution in [2.45, 2.75) is 43.2 Å². The second-order valence-electron chi connectivity index (χ2n) is 10.5. The Hall–Kier alpha value is -3.89. The lowest BCUT2D eigenvalue weighted by Gasteiger charge is -2.33. The lowest BCUT2D eigenvalue weighted by Crippen LogP contribution is -2.38. The molecule has 0 bridgehead atoms. The van der Waals surface area contributed by atoms with Crippen molar-refractivity contribution in [1.82, 2.24) is 14.6 Å². The van der Waals surface area contributed by atoms with Crippen molar-refractivity contribution in [3.8, 4) is 5.75 Å². The van der Waals surface area contributed by atoms with Gasteiger partial charge in [0.15, 0.2) is 5.76 Å². The number of aryl methyl sites for hydroxylation is 1. The van der Waals surface area contributed by atoms with E-state index in [1.807, 2.05) is 18.2 Å². The van der Waals surface area contributed by atoms with Crippen LogP contribution in [0.15, 0.2) is 82.4 Å². The quantitative estimate of drug-likeness (QED) is 0.358. The first-order valence-corrected chi connectivity index (χ1v) is 15.0. The second kappa shape index (κ2) is 10.9. The highest BCUT2D eigenvalue weighted by Gasteiger charge is 2.34. The molecule has 2 aromatic heterocycles. The van der Waals surface area contributed by atoms with Gasteiger partial charge in [0, 0.05) is 68.5 Å². The highest BCUT2D eigenvalue weighted by molar-refractivity contribution is 7.89. The summed E-state index contributed by atoms with van der Waals surface area (Å²) in [5.41, 5.74) is 3.10. The van der Waals surface area contributed by atoms with Crippen LogP contribution < -0.4 is 15.0 Å². The Labute approximate surface area is 233 Å². The molecule has 4 aromatic rings. The number of hydrogen-bond acceptors (Lipinski definition) is 7. The molecule has 2 fully saturated rings. The van der Waals surface area contributed by atoms with Crippen molar-refractivity contribution in [3.63, 3.8) is 0 Å². The highest BCUT2D eigenvalue weighted by atomic mass is 32.2. The summed E-state index contributed by atoms with van der Waals surface area (Å²) in [6, 6.07) is 18.7. The van der Waals surface area contributed by atoms with Crippen LogP contribution in [0.3, 0.4) is 0 Å². The monoisotopic (exact) mass is 560 g/mol. The second-order valence-corrected chi connectivity index (χ2v) is 12.4. The molecule has 208 valence electrons. The number of ether oxygens (including phenoxy) is 1. The number of nitrogens with zero attached hydrogens (tertiary/aromatic N) is 3. The molecule has 0 aliphatic carbocycles. The van der Waals surface area contributed by atoms with Gasteiger partial charge in [-0.05, 0) is 61.9 Å². The molecule has 9 nitrogen and oxygen atoms in total. The van der Waals surface area contributed by atoms with Crippen LogP contribution in [0.2, 0.25) is 0 Å². The Morgan fingerprint density at radius 1 is 1.02 bits per heavy atom. The summed E-state index contributed by atoms with van der Waals surface area (Å²) in [6.45, 7) is 4.50. The summed E-state index contributed by atoms with van der Waals surface area (Å²) in [5.74, 6) is 0.570. The fourth-order valence-corrected chi connectivity index (χ4v) is 6.82. The summed E-state index contributed by atoms with van der Waals surface area (Å²) in [4.78, 5) is 19.4. The van der Waals surface area contributed by atoms with E-state index in [1.54, 1.807) is 12.1 Å². The first kappa shape index (κ1) is 26.3. The molecule has 2 aromatic carbocycles. The first-order chi connectivity index (χ1) is 19.3. The molecule has 2 aliphatic rings. The molecule has 0 saturated carbocycles. The number of rotatable bonds is 7. The van der Waals surface area contributed by atoms with Crippen LogP contribution in [0.1, 0.15) is 35.4 Å². The Morgan fingerprint density at radius 2 is 1.82 bits per heavy atom. The van der Waals surface area contributed by atoms with Gasteiger partial charge in [-0.2, -0.15) is 4.31 Å². The van der Waals surface area contributed by atoms with E-state index in [-0.39, 0.29) is 35.3 Å². The van der Waals surface area contributed by atoms with Gasteiger partial charge in [0.2, 0.25) is 10.0 Å². The molecule has 0 unspecified atom stereocenters. The van der Waals surface area contributed by atoms with Crippen molar-refractivity contribution in [3.05, 3.63) is 84.4 Å². The molecule has 2 aliphatic heterocycles. The number of sulfonamides is 1. The van der Waals surface area contributed by atoms with E-state index in [9.17, 15) is 13.2 Å². The van der Waals surface area contributed by atoms with E-state index in [0.29, 0.717) is 18.5 Å². The topological polar surface area (TPSA) is 105 Å². The zero-order valence-electron chi connectivity index (χ0n) is 22.3. The smallest absolute Gasteiger partial charge is 0.287 e. The number of carbonyl (C=O) groups is 1. The van der Waals surface area contributed by atoms with Gasteiger partial charge in [0.1, 0.15) is 22.3 Å². The Balaban J connectivity index is 1.05. The number of piperidine rings is 1. The van der Waals surface area contributed by atoms with E-state index in [4.69, 9.17) is 9.15 Å². The van der Waals surface area contributed by atoms with E-state index in [2.05, 4.69) is 46.4 Å². The highest BCUT2D eigenvalue weighted by Crippen LogP contribution is 2.28. The van der Waals surface area contributed by atoms with Gasteiger partial charge < -0.3 is 19.4 Å². The van der Waals surface area contributed by atoms with Crippen molar-refractivity contribution in [2.75, 3.05) is 31.1 Å². The molecule has 2 saturated heterocycles. The third-order valence-corrected chi connectivity index (χ3v) is 9.46. The number of anilines is 1. The molecule has 1 amide bonds. The molecule has 4 heterocycles. The normalized spacial score (nSPS) is 18.7. The predicted molar refractivity (Wildman–Crippen MR) is 152 cm³/mol. The average molecular weight is 561 g/mol. The summed E-state index contributed by atoms with van der Waals surface area (Å²) >= 11 is 0. The minimum Gasteiger partial charge on any atom is -0.490 e. The van der Waals surface area contributed by atoms with Gasteiger partial charge >= 0.3 is 0 Å². The number of amides is 1. The third kappa shape index (κ3) is 5.55. The van der Waals surface area contributed by atoms with E-state index < -0.39 is 10.0 Å². The number of benzene rings is 2. The lowest BCUT2D eigenvalue weighted by molar-refractivity contribution is 0.0913. The molecular formula is C30H32N4O5S. The predicted octanol–water partition coefficient (Wildman–Crippen LogP) is 4.38. The minimum atomic E-state index is -3.65. The zero-order chi connectivity index (χ0) is 27.7. The van der Waals surface area contributed by atoms with Gasteiger partial charge in [-0.25, -0.2) is 8.42 Å². The number of aromatic nitrogens is 1.